The maximum absolute atomic E-state index is 9.57. The van der Waals surface area contributed by atoms with Gasteiger partial charge in [-0.25, -0.2) is 0 Å². The quantitative estimate of drug-likeness (QED) is 0.612. The number of phenols is 2. The molecule has 0 aliphatic carbocycles. The van der Waals surface area contributed by atoms with Crippen LogP contribution in [0.4, 0.5) is 0 Å². The topological polar surface area (TPSA) is 40.5 Å². The number of nitrogens with zero attached hydrogens (tertiary/aromatic N) is 1. The number of quaternary nitrogens is 1. The van der Waals surface area contributed by atoms with Crippen LogP contribution in [0.25, 0.3) is 0 Å². The summed E-state index contributed by atoms with van der Waals surface area (Å²) in [5, 5.41) is 19.1. The highest BCUT2D eigenvalue weighted by atomic mass is 16.3. The third-order valence-electron chi connectivity index (χ3n) is 4.28. The first-order valence-electron chi connectivity index (χ1n) is 6.27. The second kappa shape index (κ2) is 3.91. The molecule has 1 aliphatic rings. The molecule has 17 heavy (non-hydrogen) atoms. The summed E-state index contributed by atoms with van der Waals surface area (Å²) >= 11 is 0. The molecular formula is C14H22NO2+. The van der Waals surface area contributed by atoms with Crippen LogP contribution in [0.15, 0.2) is 12.1 Å². The number of phenolic OH excluding ortho intramolecular Hbond substituents is 2. The van der Waals surface area contributed by atoms with Gasteiger partial charge in [0.25, 0.3) is 0 Å². The summed E-state index contributed by atoms with van der Waals surface area (Å²) in [5.41, 5.74) is 2.34. The Labute approximate surface area is 103 Å². The lowest BCUT2D eigenvalue weighted by Gasteiger charge is -2.42. The first-order valence-corrected chi connectivity index (χ1v) is 6.27. The zero-order valence-electron chi connectivity index (χ0n) is 11.1. The Hall–Kier alpha value is -1.22. The van der Waals surface area contributed by atoms with Crippen molar-refractivity contribution in [2.45, 2.75) is 52.9 Å². The number of hydrogen-bond acceptors (Lipinski definition) is 2. The molecule has 0 amide bonds. The molecule has 0 bridgehead atoms. The minimum Gasteiger partial charge on any atom is -0.504 e. The van der Waals surface area contributed by atoms with Gasteiger partial charge in [-0.3, -0.25) is 0 Å². The van der Waals surface area contributed by atoms with Crippen molar-refractivity contribution in [2.75, 3.05) is 0 Å². The molecule has 2 rings (SSSR count). The fraction of sp³-hybridized carbons (Fsp3) is 0.571. The summed E-state index contributed by atoms with van der Waals surface area (Å²) in [6, 6.07) is 4.50. The molecule has 3 heteroatoms. The van der Waals surface area contributed by atoms with E-state index in [1.807, 2.05) is 0 Å². The van der Waals surface area contributed by atoms with Crippen LogP contribution < -0.4 is 0 Å². The molecule has 0 fully saturated rings. The van der Waals surface area contributed by atoms with Crippen molar-refractivity contribution in [1.82, 2.24) is 0 Å². The highest BCUT2D eigenvalue weighted by molar-refractivity contribution is 5.46. The maximum atomic E-state index is 9.57. The molecule has 0 atom stereocenters. The molecule has 94 valence electrons. The first-order chi connectivity index (χ1) is 7.86. The van der Waals surface area contributed by atoms with Crippen LogP contribution in [-0.2, 0) is 13.1 Å². The number of aromatic hydroxyl groups is 2. The van der Waals surface area contributed by atoms with E-state index in [4.69, 9.17) is 0 Å². The maximum Gasteiger partial charge on any atom is 0.157 e. The van der Waals surface area contributed by atoms with Crippen LogP contribution >= 0.6 is 0 Å². The summed E-state index contributed by atoms with van der Waals surface area (Å²) in [7, 11) is 0. The van der Waals surface area contributed by atoms with Crippen LogP contribution in [0.3, 0.4) is 0 Å². The lowest BCUT2D eigenvalue weighted by molar-refractivity contribution is -0.985. The average molecular weight is 236 g/mol. The summed E-state index contributed by atoms with van der Waals surface area (Å²) in [6.45, 7) is 10.9. The van der Waals surface area contributed by atoms with Gasteiger partial charge in [0.1, 0.15) is 13.1 Å². The minimum atomic E-state index is -0.00346. The monoisotopic (exact) mass is 236 g/mol. The molecule has 3 nitrogen and oxygen atoms in total. The van der Waals surface area contributed by atoms with Gasteiger partial charge in [-0.15, -0.1) is 0 Å². The van der Waals surface area contributed by atoms with E-state index in [1.165, 1.54) is 11.1 Å². The zero-order valence-corrected chi connectivity index (χ0v) is 11.1. The molecule has 0 spiro atoms. The highest BCUT2D eigenvalue weighted by Crippen LogP contribution is 2.39. The predicted molar refractivity (Wildman–Crippen MR) is 67.7 cm³/mol. The van der Waals surface area contributed by atoms with Crippen LogP contribution in [0.5, 0.6) is 11.5 Å². The van der Waals surface area contributed by atoms with Crippen LogP contribution in [-0.4, -0.2) is 26.8 Å². The molecule has 0 aromatic heterocycles. The van der Waals surface area contributed by atoms with Gasteiger partial charge in [-0.1, -0.05) is 0 Å². The van der Waals surface area contributed by atoms with Gasteiger partial charge in [-0.2, -0.15) is 0 Å². The fourth-order valence-electron chi connectivity index (χ4n) is 2.97. The summed E-state index contributed by atoms with van der Waals surface area (Å²) < 4.78 is 0.998. The van der Waals surface area contributed by atoms with Gasteiger partial charge in [-0.05, 0) is 39.8 Å². The standard InChI is InChI=1S/C14H21NO2/c1-9(2)15(10(3)4)7-11-5-13(16)14(17)6-12(11)8-15/h5-6,9-10H,7-8H2,1-4H3,(H-,16,17)/p+1. The SMILES string of the molecule is CC(C)[N+]1(C(C)C)Cc2cc(O)c(O)cc2C1. The summed E-state index contributed by atoms with van der Waals surface area (Å²) in [5.74, 6) is -0.00692. The van der Waals surface area contributed by atoms with Crippen molar-refractivity contribution >= 4 is 0 Å². The van der Waals surface area contributed by atoms with Crippen LogP contribution in [0, 0.1) is 0 Å². The lowest BCUT2D eigenvalue weighted by atomic mass is 10.1. The molecule has 0 unspecified atom stereocenters. The summed E-state index contributed by atoms with van der Waals surface area (Å²) in [4.78, 5) is 0. The van der Waals surface area contributed by atoms with Gasteiger partial charge in [0, 0.05) is 11.1 Å². The molecule has 0 saturated carbocycles. The van der Waals surface area contributed by atoms with E-state index >= 15 is 0 Å². The first kappa shape index (κ1) is 12.2. The highest BCUT2D eigenvalue weighted by Gasteiger charge is 2.41. The number of fused-ring (bicyclic) bond motifs is 1. The Kier molecular flexibility index (Phi) is 2.82. The van der Waals surface area contributed by atoms with E-state index in [2.05, 4.69) is 27.7 Å². The van der Waals surface area contributed by atoms with Gasteiger partial charge in [0.05, 0.1) is 12.1 Å². The third-order valence-corrected chi connectivity index (χ3v) is 4.28. The smallest absolute Gasteiger partial charge is 0.157 e. The second-order valence-corrected chi connectivity index (χ2v) is 5.72. The van der Waals surface area contributed by atoms with Crippen LogP contribution in [0.2, 0.25) is 0 Å². The van der Waals surface area contributed by atoms with Crippen molar-refractivity contribution < 1.29 is 14.7 Å². The van der Waals surface area contributed by atoms with Gasteiger partial charge in [0.15, 0.2) is 11.5 Å². The minimum absolute atomic E-state index is 0.00346. The van der Waals surface area contributed by atoms with E-state index < -0.39 is 0 Å². The van der Waals surface area contributed by atoms with Gasteiger partial charge < -0.3 is 14.7 Å². The van der Waals surface area contributed by atoms with Crippen molar-refractivity contribution in [3.63, 3.8) is 0 Å². The Morgan fingerprint density at radius 1 is 0.882 bits per heavy atom. The fourth-order valence-corrected chi connectivity index (χ4v) is 2.97. The van der Waals surface area contributed by atoms with Crippen molar-refractivity contribution in [2.24, 2.45) is 0 Å². The average Bonchev–Trinajstić information content (AvgIpc) is 2.58. The third kappa shape index (κ3) is 1.78. The Morgan fingerprint density at radius 2 is 1.24 bits per heavy atom. The second-order valence-electron chi connectivity index (χ2n) is 5.72. The van der Waals surface area contributed by atoms with E-state index in [-0.39, 0.29) is 11.5 Å². The lowest BCUT2D eigenvalue weighted by Crippen LogP contribution is -2.53. The number of rotatable bonds is 2. The van der Waals surface area contributed by atoms with Gasteiger partial charge in [0.2, 0.25) is 0 Å². The molecule has 1 aliphatic heterocycles. The molecule has 1 heterocycles. The number of benzene rings is 1. The predicted octanol–water partition coefficient (Wildman–Crippen LogP) is 2.75. The molecule has 0 saturated heterocycles. The van der Waals surface area contributed by atoms with Crippen LogP contribution in [0.1, 0.15) is 38.8 Å². The van der Waals surface area contributed by atoms with E-state index in [1.54, 1.807) is 12.1 Å². The van der Waals surface area contributed by atoms with E-state index in [9.17, 15) is 10.2 Å². The van der Waals surface area contributed by atoms with Crippen molar-refractivity contribution in [3.05, 3.63) is 23.3 Å². The normalized spacial score (nSPS) is 17.8. The molecule has 2 N–H and O–H groups in total. The Balaban J connectivity index is 2.43. The molecule has 1 aromatic rings. The molecular weight excluding hydrogens is 214 g/mol. The molecule has 0 radical (unpaired) electrons. The van der Waals surface area contributed by atoms with E-state index in [0.29, 0.717) is 12.1 Å². The van der Waals surface area contributed by atoms with Gasteiger partial charge >= 0.3 is 0 Å². The Morgan fingerprint density at radius 3 is 1.53 bits per heavy atom. The largest absolute Gasteiger partial charge is 0.504 e. The Bertz CT molecular complexity index is 397. The number of hydrogen-bond donors (Lipinski definition) is 2. The van der Waals surface area contributed by atoms with E-state index in [0.717, 1.165) is 17.6 Å². The van der Waals surface area contributed by atoms with Crippen molar-refractivity contribution in [1.29, 1.82) is 0 Å². The zero-order chi connectivity index (χ0) is 12.8. The van der Waals surface area contributed by atoms with Crippen molar-refractivity contribution in [3.8, 4) is 11.5 Å². The molecule has 1 aromatic carbocycles. The summed E-state index contributed by atoms with van der Waals surface area (Å²) in [6.07, 6.45) is 0.